The molecule has 7 nitrogen and oxygen atoms in total. The van der Waals surface area contributed by atoms with E-state index in [1.165, 1.54) is 10.4 Å². The van der Waals surface area contributed by atoms with E-state index < -0.39 is 5.97 Å². The lowest BCUT2D eigenvalue weighted by molar-refractivity contribution is 0.0524. The maximum Gasteiger partial charge on any atom is 0.343 e. The second kappa shape index (κ2) is 9.25. The second-order valence-corrected chi connectivity index (χ2v) is 9.72. The van der Waals surface area contributed by atoms with E-state index in [0.29, 0.717) is 17.7 Å². The Bertz CT molecular complexity index is 1350. The number of rotatable bonds is 7. The van der Waals surface area contributed by atoms with E-state index in [2.05, 4.69) is 11.2 Å². The topological polar surface area (TPSA) is 79.1 Å². The number of carbonyl (C=O) groups is 1. The number of esters is 1. The molecule has 2 aromatic heterocycles. The Morgan fingerprint density at radius 3 is 2.74 bits per heavy atom. The van der Waals surface area contributed by atoms with Gasteiger partial charge in [0.15, 0.2) is 5.75 Å². The molecule has 0 spiro atoms. The van der Waals surface area contributed by atoms with Crippen molar-refractivity contribution in [1.29, 1.82) is 0 Å². The molecule has 0 atom stereocenters. The van der Waals surface area contributed by atoms with Crippen LogP contribution in [0.5, 0.6) is 5.75 Å². The number of aryl methyl sites for hydroxylation is 1. The number of oxime groups is 1. The summed E-state index contributed by atoms with van der Waals surface area (Å²) in [4.78, 5) is 33.4. The van der Waals surface area contributed by atoms with Crippen molar-refractivity contribution in [3.8, 4) is 16.2 Å². The standard InChI is InChI=1S/C26H28N2O5S/c1-4-32-26(30)20-14-28(17-7-8-17)23-19(24(20)29)10-9-18(25(23)31-3)22-13-15-12-16(27-33-5-2)6-11-21(15)34-22/h9-10,13-14,17H,4-8,11-12H2,1-3H3/b27-16-. The van der Waals surface area contributed by atoms with Crippen LogP contribution < -0.4 is 10.2 Å². The summed E-state index contributed by atoms with van der Waals surface area (Å²) in [6.45, 7) is 4.46. The summed E-state index contributed by atoms with van der Waals surface area (Å²) in [5.74, 6) is 0.0843. The van der Waals surface area contributed by atoms with Crippen LogP contribution in [0.1, 0.15) is 60.0 Å². The van der Waals surface area contributed by atoms with Crippen LogP contribution in [-0.2, 0) is 22.4 Å². The number of aromatic nitrogens is 1. The molecule has 0 unspecified atom stereocenters. The second-order valence-electron chi connectivity index (χ2n) is 8.58. The molecule has 0 amide bonds. The number of fused-ring (bicyclic) bond motifs is 2. The van der Waals surface area contributed by atoms with Crippen LogP contribution in [0.3, 0.4) is 0 Å². The van der Waals surface area contributed by atoms with Gasteiger partial charge in [-0.05, 0) is 63.3 Å². The Kier molecular flexibility index (Phi) is 6.16. The normalized spacial score (nSPS) is 16.5. The number of ether oxygens (including phenoxy) is 2. The van der Waals surface area contributed by atoms with Crippen LogP contribution in [-0.4, -0.2) is 36.6 Å². The molecule has 2 aliphatic rings. The first-order chi connectivity index (χ1) is 16.5. The number of carbonyl (C=O) groups excluding carboxylic acids is 1. The van der Waals surface area contributed by atoms with Crippen LogP contribution in [0.15, 0.2) is 34.3 Å². The molecule has 3 aromatic rings. The maximum absolute atomic E-state index is 13.2. The first-order valence-corrected chi connectivity index (χ1v) is 12.6. The van der Waals surface area contributed by atoms with Gasteiger partial charge in [0.05, 0.1) is 30.3 Å². The van der Waals surface area contributed by atoms with E-state index in [1.807, 2.05) is 23.6 Å². The molecule has 1 fully saturated rings. The van der Waals surface area contributed by atoms with Crippen LogP contribution in [0.2, 0.25) is 0 Å². The number of pyridine rings is 1. The van der Waals surface area contributed by atoms with Crippen LogP contribution in [0, 0.1) is 0 Å². The van der Waals surface area contributed by atoms with Crippen LogP contribution in [0.4, 0.5) is 0 Å². The smallest absolute Gasteiger partial charge is 0.343 e. The summed E-state index contributed by atoms with van der Waals surface area (Å²) >= 11 is 1.76. The third-order valence-corrected chi connectivity index (χ3v) is 7.58. The zero-order valence-corrected chi connectivity index (χ0v) is 20.5. The highest BCUT2D eigenvalue weighted by Gasteiger charge is 2.30. The lowest BCUT2D eigenvalue weighted by Crippen LogP contribution is -2.21. The number of nitrogens with zero attached hydrogens (tertiary/aromatic N) is 2. The van der Waals surface area contributed by atoms with Crippen LogP contribution in [0.25, 0.3) is 21.3 Å². The Balaban J connectivity index is 1.64. The predicted molar refractivity (Wildman–Crippen MR) is 133 cm³/mol. The van der Waals surface area contributed by atoms with E-state index in [4.69, 9.17) is 14.3 Å². The van der Waals surface area contributed by atoms with E-state index in [-0.39, 0.29) is 23.6 Å². The van der Waals surface area contributed by atoms with Gasteiger partial charge in [-0.15, -0.1) is 11.3 Å². The minimum atomic E-state index is -0.581. The molecule has 5 rings (SSSR count). The van der Waals surface area contributed by atoms with Gasteiger partial charge in [0.25, 0.3) is 0 Å². The van der Waals surface area contributed by atoms with Gasteiger partial charge in [-0.25, -0.2) is 4.79 Å². The highest BCUT2D eigenvalue weighted by molar-refractivity contribution is 7.15. The van der Waals surface area contributed by atoms with E-state index in [0.717, 1.165) is 53.8 Å². The monoisotopic (exact) mass is 480 g/mol. The van der Waals surface area contributed by atoms with Crippen molar-refractivity contribution in [2.24, 2.45) is 5.16 Å². The molecule has 2 aliphatic carbocycles. The van der Waals surface area contributed by atoms with Gasteiger partial charge in [-0.3, -0.25) is 4.79 Å². The van der Waals surface area contributed by atoms with Gasteiger partial charge in [0.2, 0.25) is 5.43 Å². The molecule has 1 saturated carbocycles. The van der Waals surface area contributed by atoms with Gasteiger partial charge >= 0.3 is 5.97 Å². The predicted octanol–water partition coefficient (Wildman–Crippen LogP) is 5.13. The number of benzene rings is 1. The third kappa shape index (κ3) is 4.00. The van der Waals surface area contributed by atoms with Crippen molar-refractivity contribution in [2.45, 2.75) is 52.0 Å². The maximum atomic E-state index is 13.2. The van der Waals surface area contributed by atoms with Gasteiger partial charge in [0.1, 0.15) is 12.2 Å². The molecule has 0 radical (unpaired) electrons. The summed E-state index contributed by atoms with van der Waals surface area (Å²) in [5.41, 5.74) is 3.78. The minimum absolute atomic E-state index is 0.0729. The molecular weight excluding hydrogens is 452 g/mol. The molecule has 1 aromatic carbocycles. The number of hydrogen-bond donors (Lipinski definition) is 0. The molecule has 0 N–H and O–H groups in total. The lowest BCUT2D eigenvalue weighted by Gasteiger charge is -2.17. The molecule has 0 bridgehead atoms. The Morgan fingerprint density at radius 2 is 2.03 bits per heavy atom. The van der Waals surface area contributed by atoms with Crippen molar-refractivity contribution < 1.29 is 19.1 Å². The average molecular weight is 481 g/mol. The third-order valence-electron chi connectivity index (χ3n) is 6.31. The van der Waals surface area contributed by atoms with Gasteiger partial charge in [-0.2, -0.15) is 0 Å². The first kappa shape index (κ1) is 22.7. The fourth-order valence-corrected chi connectivity index (χ4v) is 5.78. The Labute approximate surface area is 201 Å². The molecule has 178 valence electrons. The average Bonchev–Trinajstić information content (AvgIpc) is 3.60. The van der Waals surface area contributed by atoms with Crippen molar-refractivity contribution in [3.63, 3.8) is 0 Å². The van der Waals surface area contributed by atoms with E-state index in [1.54, 1.807) is 31.6 Å². The SMILES string of the molecule is CCO/N=C1/CCc2sc(-c3ccc4c(=O)c(C(=O)OCC)cn(C5CC5)c4c3OC)cc2C1. The van der Waals surface area contributed by atoms with Crippen molar-refractivity contribution in [2.75, 3.05) is 20.3 Å². The highest BCUT2D eigenvalue weighted by atomic mass is 32.1. The molecule has 8 heteroatoms. The summed E-state index contributed by atoms with van der Waals surface area (Å²) in [5, 5.41) is 4.74. The molecule has 0 saturated heterocycles. The molecular formula is C26H28N2O5S. The van der Waals surface area contributed by atoms with Gasteiger partial charge in [0, 0.05) is 34.0 Å². The molecule has 34 heavy (non-hydrogen) atoms. The Hall–Kier alpha value is -3.13. The quantitative estimate of drug-likeness (QED) is 0.346. The van der Waals surface area contributed by atoms with Crippen LogP contribution >= 0.6 is 11.3 Å². The Morgan fingerprint density at radius 1 is 1.21 bits per heavy atom. The number of methoxy groups -OCH3 is 1. The zero-order valence-electron chi connectivity index (χ0n) is 19.7. The largest absolute Gasteiger partial charge is 0.494 e. The summed E-state index contributed by atoms with van der Waals surface area (Å²) in [6.07, 6.45) is 6.29. The summed E-state index contributed by atoms with van der Waals surface area (Å²) < 4.78 is 13.1. The highest BCUT2D eigenvalue weighted by Crippen LogP contribution is 2.45. The van der Waals surface area contributed by atoms with Gasteiger partial charge in [-0.1, -0.05) is 5.16 Å². The summed E-state index contributed by atoms with van der Waals surface area (Å²) in [7, 11) is 1.64. The van der Waals surface area contributed by atoms with E-state index >= 15 is 0 Å². The van der Waals surface area contributed by atoms with E-state index in [9.17, 15) is 9.59 Å². The summed E-state index contributed by atoms with van der Waals surface area (Å²) in [6, 6.07) is 6.20. The fraction of sp³-hybridized carbons (Fsp3) is 0.423. The molecule has 2 heterocycles. The van der Waals surface area contributed by atoms with Crippen molar-refractivity contribution in [1.82, 2.24) is 4.57 Å². The number of hydrogen-bond acceptors (Lipinski definition) is 7. The molecule has 0 aliphatic heterocycles. The lowest BCUT2D eigenvalue weighted by atomic mass is 9.96. The number of thiophene rings is 1. The first-order valence-electron chi connectivity index (χ1n) is 11.8. The minimum Gasteiger partial charge on any atom is -0.494 e. The zero-order chi connectivity index (χ0) is 23.8. The van der Waals surface area contributed by atoms with Crippen molar-refractivity contribution >= 4 is 33.9 Å². The van der Waals surface area contributed by atoms with Crippen molar-refractivity contribution in [3.05, 3.63) is 50.6 Å². The fourth-order valence-electron chi connectivity index (χ4n) is 4.57. The van der Waals surface area contributed by atoms with Gasteiger partial charge < -0.3 is 18.9 Å².